The zero-order valence-corrected chi connectivity index (χ0v) is 18.7. The Morgan fingerprint density at radius 1 is 0.788 bits per heavy atom. The number of amides is 2. The van der Waals surface area contributed by atoms with Crippen LogP contribution in [0.2, 0.25) is 0 Å². The van der Waals surface area contributed by atoms with Crippen molar-refractivity contribution in [1.82, 2.24) is 4.98 Å². The SMILES string of the molecule is O=C(Cc1ccccc1)Nc1cccc(SC(C(=O)Nc2ccccn2)c2ccccc2)c1. The zero-order valence-electron chi connectivity index (χ0n) is 17.8. The summed E-state index contributed by atoms with van der Waals surface area (Å²) in [7, 11) is 0. The Bertz CT molecular complexity index is 1200. The third-order valence-corrected chi connectivity index (χ3v) is 6.08. The number of hydrogen-bond acceptors (Lipinski definition) is 4. The van der Waals surface area contributed by atoms with Gasteiger partial charge in [0, 0.05) is 16.8 Å². The highest BCUT2D eigenvalue weighted by molar-refractivity contribution is 8.00. The van der Waals surface area contributed by atoms with Gasteiger partial charge in [0.25, 0.3) is 0 Å². The molecule has 4 aromatic rings. The summed E-state index contributed by atoms with van der Waals surface area (Å²) in [5.74, 6) is 0.255. The van der Waals surface area contributed by atoms with E-state index in [1.165, 1.54) is 11.8 Å². The number of rotatable bonds is 8. The summed E-state index contributed by atoms with van der Waals surface area (Å²) in [6, 6.07) is 32.2. The van der Waals surface area contributed by atoms with Gasteiger partial charge in [-0.1, -0.05) is 72.8 Å². The number of thioether (sulfide) groups is 1. The van der Waals surface area contributed by atoms with E-state index in [0.29, 0.717) is 17.9 Å². The van der Waals surface area contributed by atoms with E-state index in [0.717, 1.165) is 16.0 Å². The van der Waals surface area contributed by atoms with Gasteiger partial charge in [-0.05, 0) is 41.5 Å². The van der Waals surface area contributed by atoms with Gasteiger partial charge >= 0.3 is 0 Å². The van der Waals surface area contributed by atoms with E-state index in [1.54, 1.807) is 18.3 Å². The Morgan fingerprint density at radius 2 is 1.52 bits per heavy atom. The molecule has 5 nitrogen and oxygen atoms in total. The summed E-state index contributed by atoms with van der Waals surface area (Å²) < 4.78 is 0. The minimum Gasteiger partial charge on any atom is -0.326 e. The summed E-state index contributed by atoms with van der Waals surface area (Å²) in [6.07, 6.45) is 1.94. The van der Waals surface area contributed by atoms with Gasteiger partial charge in [-0.15, -0.1) is 11.8 Å². The van der Waals surface area contributed by atoms with Crippen LogP contribution in [0.15, 0.2) is 114 Å². The lowest BCUT2D eigenvalue weighted by Crippen LogP contribution is -2.19. The number of benzene rings is 3. The molecule has 0 radical (unpaired) electrons. The molecule has 0 saturated carbocycles. The molecule has 0 aliphatic carbocycles. The molecule has 6 heteroatoms. The zero-order chi connectivity index (χ0) is 22.9. The lowest BCUT2D eigenvalue weighted by molar-refractivity contribution is -0.116. The van der Waals surface area contributed by atoms with Crippen molar-refractivity contribution in [3.8, 4) is 0 Å². The summed E-state index contributed by atoms with van der Waals surface area (Å²) >= 11 is 1.42. The van der Waals surface area contributed by atoms with Gasteiger partial charge in [-0.25, -0.2) is 4.98 Å². The Morgan fingerprint density at radius 3 is 2.24 bits per heavy atom. The molecular formula is C27H23N3O2S. The molecule has 3 aromatic carbocycles. The molecule has 164 valence electrons. The van der Waals surface area contributed by atoms with Gasteiger partial charge in [0.2, 0.25) is 11.8 Å². The van der Waals surface area contributed by atoms with Crippen molar-refractivity contribution in [3.05, 3.63) is 120 Å². The first-order chi connectivity index (χ1) is 16.2. The molecule has 1 heterocycles. The maximum Gasteiger partial charge on any atom is 0.243 e. The van der Waals surface area contributed by atoms with E-state index in [-0.39, 0.29) is 11.8 Å². The molecule has 1 unspecified atom stereocenters. The maximum atomic E-state index is 13.1. The van der Waals surface area contributed by atoms with Crippen LogP contribution in [0, 0.1) is 0 Å². The molecule has 0 bridgehead atoms. The van der Waals surface area contributed by atoms with Crippen molar-refractivity contribution < 1.29 is 9.59 Å². The summed E-state index contributed by atoms with van der Waals surface area (Å²) in [5, 5.41) is 5.36. The topological polar surface area (TPSA) is 71.1 Å². The quantitative estimate of drug-likeness (QED) is 0.334. The summed E-state index contributed by atoms with van der Waals surface area (Å²) in [5.41, 5.74) is 2.53. The highest BCUT2D eigenvalue weighted by atomic mass is 32.2. The van der Waals surface area contributed by atoms with Crippen molar-refractivity contribution in [2.75, 3.05) is 10.6 Å². The minimum atomic E-state index is -0.483. The van der Waals surface area contributed by atoms with Gasteiger partial charge in [-0.3, -0.25) is 9.59 Å². The fourth-order valence-electron chi connectivity index (χ4n) is 3.30. The number of carbonyl (C=O) groups excluding carboxylic acids is 2. The van der Waals surface area contributed by atoms with Crippen LogP contribution in [-0.4, -0.2) is 16.8 Å². The lowest BCUT2D eigenvalue weighted by Gasteiger charge is -2.17. The maximum absolute atomic E-state index is 13.1. The molecule has 0 aliphatic heterocycles. The van der Waals surface area contributed by atoms with Crippen molar-refractivity contribution in [2.24, 2.45) is 0 Å². The van der Waals surface area contributed by atoms with Gasteiger partial charge in [0.1, 0.15) is 11.1 Å². The molecule has 33 heavy (non-hydrogen) atoms. The number of hydrogen-bond donors (Lipinski definition) is 2. The predicted octanol–water partition coefficient (Wildman–Crippen LogP) is 5.73. The second-order valence-electron chi connectivity index (χ2n) is 7.35. The first-order valence-electron chi connectivity index (χ1n) is 10.5. The van der Waals surface area contributed by atoms with Crippen molar-refractivity contribution >= 4 is 35.1 Å². The highest BCUT2D eigenvalue weighted by Gasteiger charge is 2.22. The average molecular weight is 454 g/mol. The standard InChI is InChI=1S/C27H23N3O2S/c31-25(18-20-10-3-1-4-11-20)29-22-14-9-15-23(19-22)33-26(21-12-5-2-6-13-21)27(32)30-24-16-7-8-17-28-24/h1-17,19,26H,18H2,(H,29,31)(H,28,30,32). The van der Waals surface area contributed by atoms with Crippen molar-refractivity contribution in [1.29, 1.82) is 0 Å². The number of nitrogens with one attached hydrogen (secondary N) is 2. The van der Waals surface area contributed by atoms with E-state index in [4.69, 9.17) is 0 Å². The monoisotopic (exact) mass is 453 g/mol. The summed E-state index contributed by atoms with van der Waals surface area (Å²) in [4.78, 5) is 30.7. The predicted molar refractivity (Wildman–Crippen MR) is 133 cm³/mol. The normalized spacial score (nSPS) is 11.4. The largest absolute Gasteiger partial charge is 0.326 e. The van der Waals surface area contributed by atoms with E-state index >= 15 is 0 Å². The van der Waals surface area contributed by atoms with Crippen LogP contribution < -0.4 is 10.6 Å². The summed E-state index contributed by atoms with van der Waals surface area (Å²) in [6.45, 7) is 0. The van der Waals surface area contributed by atoms with E-state index in [2.05, 4.69) is 15.6 Å². The highest BCUT2D eigenvalue weighted by Crippen LogP contribution is 2.37. The number of nitrogens with zero attached hydrogens (tertiary/aromatic N) is 1. The third-order valence-electron chi connectivity index (χ3n) is 4.84. The third kappa shape index (κ3) is 6.54. The average Bonchev–Trinajstić information content (AvgIpc) is 2.84. The number of aromatic nitrogens is 1. The molecule has 4 rings (SSSR count). The number of anilines is 2. The molecule has 0 saturated heterocycles. The van der Waals surface area contributed by atoms with E-state index < -0.39 is 5.25 Å². The molecule has 0 aliphatic rings. The second kappa shape index (κ2) is 11.1. The number of pyridine rings is 1. The molecule has 1 atom stereocenters. The van der Waals surface area contributed by atoms with Crippen LogP contribution in [-0.2, 0) is 16.0 Å². The molecule has 1 aromatic heterocycles. The first-order valence-corrected chi connectivity index (χ1v) is 11.4. The first kappa shape index (κ1) is 22.3. The van der Waals surface area contributed by atoms with Gasteiger partial charge in [0.15, 0.2) is 0 Å². The molecule has 0 spiro atoms. The van der Waals surface area contributed by atoms with E-state index in [1.807, 2.05) is 91.0 Å². The van der Waals surface area contributed by atoms with Gasteiger partial charge in [-0.2, -0.15) is 0 Å². The van der Waals surface area contributed by atoms with Crippen molar-refractivity contribution in [2.45, 2.75) is 16.6 Å². The van der Waals surface area contributed by atoms with Crippen LogP contribution in [0.25, 0.3) is 0 Å². The van der Waals surface area contributed by atoms with Crippen LogP contribution >= 0.6 is 11.8 Å². The fourth-order valence-corrected chi connectivity index (χ4v) is 4.38. The number of carbonyl (C=O) groups is 2. The van der Waals surface area contributed by atoms with Crippen LogP contribution in [0.4, 0.5) is 11.5 Å². The van der Waals surface area contributed by atoms with Crippen molar-refractivity contribution in [3.63, 3.8) is 0 Å². The van der Waals surface area contributed by atoms with Gasteiger partial charge < -0.3 is 10.6 Å². The van der Waals surface area contributed by atoms with Crippen LogP contribution in [0.3, 0.4) is 0 Å². The van der Waals surface area contributed by atoms with Crippen LogP contribution in [0.5, 0.6) is 0 Å². The Hall–Kier alpha value is -3.90. The lowest BCUT2D eigenvalue weighted by atomic mass is 10.1. The second-order valence-corrected chi connectivity index (χ2v) is 8.53. The molecule has 2 N–H and O–H groups in total. The Balaban J connectivity index is 1.49. The van der Waals surface area contributed by atoms with E-state index in [9.17, 15) is 9.59 Å². The Kier molecular flexibility index (Phi) is 7.51. The molecular weight excluding hydrogens is 430 g/mol. The Labute approximate surface area is 197 Å². The van der Waals surface area contributed by atoms with Crippen LogP contribution in [0.1, 0.15) is 16.4 Å². The smallest absolute Gasteiger partial charge is 0.243 e. The van der Waals surface area contributed by atoms with Gasteiger partial charge in [0.05, 0.1) is 6.42 Å². The fraction of sp³-hybridized carbons (Fsp3) is 0.0741. The molecule has 0 fully saturated rings. The molecule has 2 amide bonds. The minimum absolute atomic E-state index is 0.0872.